The van der Waals surface area contributed by atoms with E-state index in [0.717, 1.165) is 39.2 Å². The smallest absolute Gasteiger partial charge is 0.249 e. The van der Waals surface area contributed by atoms with Gasteiger partial charge in [-0.2, -0.15) is 0 Å². The number of rotatable bonds is 7. The molecule has 1 aliphatic rings. The number of benzene rings is 2. The van der Waals surface area contributed by atoms with E-state index in [9.17, 15) is 9.59 Å². The van der Waals surface area contributed by atoms with Crippen molar-refractivity contribution in [2.75, 3.05) is 4.90 Å². The number of H-pyrrole nitrogens is 1. The molecule has 0 spiro atoms. The van der Waals surface area contributed by atoms with Gasteiger partial charge in [-0.3, -0.25) is 9.59 Å². The van der Waals surface area contributed by atoms with Gasteiger partial charge in [0.15, 0.2) is 5.82 Å². The van der Waals surface area contributed by atoms with Crippen LogP contribution in [-0.4, -0.2) is 44.0 Å². The quantitative estimate of drug-likeness (QED) is 0.344. The van der Waals surface area contributed by atoms with Crippen LogP contribution in [0.15, 0.2) is 60.0 Å². The molecule has 4 aromatic rings. The maximum Gasteiger partial charge on any atom is 0.249 e. The molecule has 1 aliphatic heterocycles. The summed E-state index contributed by atoms with van der Waals surface area (Å²) in [5.41, 5.74) is 10.2. The summed E-state index contributed by atoms with van der Waals surface area (Å²) in [5, 5.41) is 19.2. The molecule has 9 nitrogen and oxygen atoms in total. The number of aromatic amines is 1. The molecule has 4 N–H and O–H groups in total. The Hall–Kier alpha value is -3.89. The SMILES string of the molecule is CC(C)(N)CC(=O)N[C@@H]1CCc2sccc2N(Cc2ccc(-c3ccccc3-c3nnn[nH]3)cc2)C1=O. The summed E-state index contributed by atoms with van der Waals surface area (Å²) in [6, 6.07) is 17.5. The number of nitrogens with one attached hydrogen (secondary N) is 2. The summed E-state index contributed by atoms with van der Waals surface area (Å²) < 4.78 is 0. The number of hydrogen-bond donors (Lipinski definition) is 3. The van der Waals surface area contributed by atoms with Gasteiger partial charge in [0, 0.05) is 22.4 Å². The standard InChI is InChI=1S/C27H29N7O2S/c1-27(2,28)15-24(35)29-21-11-12-23-22(13-14-37-23)34(26(21)36)16-17-7-9-18(10-8-17)19-5-3-4-6-20(19)25-30-32-33-31-25/h3-10,13-14,21H,11-12,15-16,28H2,1-2H3,(H,29,35)(H,30,31,32,33)/t21-/m1/s1. The summed E-state index contributed by atoms with van der Waals surface area (Å²) in [6.45, 7) is 4.01. The molecular formula is C27H29N7O2S. The predicted octanol–water partition coefficient (Wildman–Crippen LogP) is 3.69. The highest BCUT2D eigenvalue weighted by Gasteiger charge is 2.32. The molecule has 3 heterocycles. The molecule has 0 unspecified atom stereocenters. The fourth-order valence-electron chi connectivity index (χ4n) is 4.61. The number of anilines is 1. The number of tetrazole rings is 1. The van der Waals surface area contributed by atoms with Crippen molar-refractivity contribution in [1.29, 1.82) is 0 Å². The van der Waals surface area contributed by atoms with Crippen molar-refractivity contribution >= 4 is 28.8 Å². The van der Waals surface area contributed by atoms with Gasteiger partial charge in [-0.05, 0) is 65.3 Å². The minimum atomic E-state index is -0.638. The van der Waals surface area contributed by atoms with Gasteiger partial charge < -0.3 is 16.0 Å². The van der Waals surface area contributed by atoms with Crippen LogP contribution in [0.1, 0.15) is 37.1 Å². The Morgan fingerprint density at radius 1 is 1.16 bits per heavy atom. The van der Waals surface area contributed by atoms with E-state index in [1.807, 2.05) is 60.0 Å². The van der Waals surface area contributed by atoms with Crippen LogP contribution in [0, 0.1) is 0 Å². The Labute approximate surface area is 219 Å². The van der Waals surface area contributed by atoms with Gasteiger partial charge in [-0.15, -0.1) is 16.4 Å². The maximum atomic E-state index is 13.6. The van der Waals surface area contributed by atoms with E-state index in [4.69, 9.17) is 5.73 Å². The second-order valence-corrected chi connectivity index (χ2v) is 11.0. The zero-order valence-corrected chi connectivity index (χ0v) is 21.6. The summed E-state index contributed by atoms with van der Waals surface area (Å²) in [4.78, 5) is 29.2. The van der Waals surface area contributed by atoms with E-state index in [-0.39, 0.29) is 18.2 Å². The molecule has 37 heavy (non-hydrogen) atoms. The summed E-state index contributed by atoms with van der Waals surface area (Å²) in [6.07, 6.45) is 1.45. The molecule has 0 aliphatic carbocycles. The Balaban J connectivity index is 1.38. The molecule has 5 rings (SSSR count). The van der Waals surface area contributed by atoms with Crippen LogP contribution in [-0.2, 0) is 22.6 Å². The minimum absolute atomic E-state index is 0.104. The first-order valence-corrected chi connectivity index (χ1v) is 13.0. The Bertz CT molecular complexity index is 1390. The second-order valence-electron chi connectivity index (χ2n) is 9.97. The second kappa shape index (κ2) is 10.2. The highest BCUT2D eigenvalue weighted by Crippen LogP contribution is 2.34. The van der Waals surface area contributed by atoms with E-state index in [2.05, 4.69) is 25.9 Å². The zero-order chi connectivity index (χ0) is 26.0. The minimum Gasteiger partial charge on any atom is -0.344 e. The van der Waals surface area contributed by atoms with Crippen molar-refractivity contribution in [3.63, 3.8) is 0 Å². The Kier molecular flexibility index (Phi) is 6.86. The van der Waals surface area contributed by atoms with Crippen molar-refractivity contribution < 1.29 is 9.59 Å². The zero-order valence-electron chi connectivity index (χ0n) is 20.8. The molecule has 0 bridgehead atoms. The van der Waals surface area contributed by atoms with Gasteiger partial charge in [0.2, 0.25) is 11.8 Å². The summed E-state index contributed by atoms with van der Waals surface area (Å²) in [7, 11) is 0. The van der Waals surface area contributed by atoms with Crippen molar-refractivity contribution in [3.05, 3.63) is 70.4 Å². The first kappa shape index (κ1) is 24.8. The lowest BCUT2D eigenvalue weighted by atomic mass is 9.98. The third-order valence-electron chi connectivity index (χ3n) is 6.32. The summed E-state index contributed by atoms with van der Waals surface area (Å²) >= 11 is 1.64. The number of aryl methyl sites for hydroxylation is 1. The highest BCUT2D eigenvalue weighted by molar-refractivity contribution is 7.10. The van der Waals surface area contributed by atoms with Crippen LogP contribution in [0.4, 0.5) is 5.69 Å². The normalized spacial score (nSPS) is 15.8. The van der Waals surface area contributed by atoms with E-state index < -0.39 is 11.6 Å². The van der Waals surface area contributed by atoms with E-state index in [0.29, 0.717) is 18.8 Å². The number of fused-ring (bicyclic) bond motifs is 1. The number of carbonyl (C=O) groups excluding carboxylic acids is 2. The largest absolute Gasteiger partial charge is 0.344 e. The molecule has 0 fully saturated rings. The van der Waals surface area contributed by atoms with Gasteiger partial charge in [0.1, 0.15) is 6.04 Å². The predicted molar refractivity (Wildman–Crippen MR) is 144 cm³/mol. The third kappa shape index (κ3) is 5.60. The van der Waals surface area contributed by atoms with Crippen LogP contribution in [0.25, 0.3) is 22.5 Å². The van der Waals surface area contributed by atoms with E-state index in [1.165, 1.54) is 0 Å². The Morgan fingerprint density at radius 2 is 1.92 bits per heavy atom. The Morgan fingerprint density at radius 3 is 2.62 bits per heavy atom. The fourth-order valence-corrected chi connectivity index (χ4v) is 5.51. The molecule has 10 heteroatoms. The average Bonchev–Trinajstić information content (AvgIpc) is 3.55. The van der Waals surface area contributed by atoms with Crippen LogP contribution in [0.5, 0.6) is 0 Å². The van der Waals surface area contributed by atoms with E-state index >= 15 is 0 Å². The van der Waals surface area contributed by atoms with Gasteiger partial charge in [0.05, 0.1) is 12.2 Å². The van der Waals surface area contributed by atoms with Gasteiger partial charge >= 0.3 is 0 Å². The number of nitrogens with two attached hydrogens (primary N) is 1. The number of hydrogen-bond acceptors (Lipinski definition) is 7. The van der Waals surface area contributed by atoms with Gasteiger partial charge in [-0.25, -0.2) is 5.10 Å². The van der Waals surface area contributed by atoms with Crippen LogP contribution >= 0.6 is 11.3 Å². The van der Waals surface area contributed by atoms with E-state index in [1.54, 1.807) is 30.1 Å². The number of nitrogens with zero attached hydrogens (tertiary/aromatic N) is 4. The van der Waals surface area contributed by atoms with Crippen LogP contribution in [0.2, 0.25) is 0 Å². The number of thiophene rings is 1. The average molecular weight is 516 g/mol. The molecule has 2 aromatic heterocycles. The first-order valence-electron chi connectivity index (χ1n) is 12.2. The lowest BCUT2D eigenvalue weighted by Gasteiger charge is -2.26. The van der Waals surface area contributed by atoms with Crippen molar-refractivity contribution in [3.8, 4) is 22.5 Å². The topological polar surface area (TPSA) is 130 Å². The molecular weight excluding hydrogens is 486 g/mol. The number of aromatic nitrogens is 4. The fraction of sp³-hybridized carbons (Fsp3) is 0.296. The molecule has 2 aromatic carbocycles. The van der Waals surface area contributed by atoms with Crippen molar-refractivity contribution in [1.82, 2.24) is 25.9 Å². The number of carbonyl (C=O) groups is 2. The highest BCUT2D eigenvalue weighted by atomic mass is 32.1. The van der Waals surface area contributed by atoms with Crippen LogP contribution in [0.3, 0.4) is 0 Å². The van der Waals surface area contributed by atoms with Gasteiger partial charge in [-0.1, -0.05) is 48.5 Å². The lowest BCUT2D eigenvalue weighted by Crippen LogP contribution is -2.49. The maximum absolute atomic E-state index is 13.6. The van der Waals surface area contributed by atoms with Crippen molar-refractivity contribution in [2.24, 2.45) is 5.73 Å². The molecule has 190 valence electrons. The molecule has 1 atom stereocenters. The summed E-state index contributed by atoms with van der Waals surface area (Å²) in [5.74, 6) is 0.291. The molecule has 0 radical (unpaired) electrons. The number of amides is 2. The lowest BCUT2D eigenvalue weighted by molar-refractivity contribution is -0.128. The van der Waals surface area contributed by atoms with Crippen molar-refractivity contribution in [2.45, 2.75) is 51.2 Å². The first-order chi connectivity index (χ1) is 17.8. The molecule has 0 saturated heterocycles. The monoisotopic (exact) mass is 515 g/mol. The third-order valence-corrected chi connectivity index (χ3v) is 7.29. The molecule has 2 amide bonds. The van der Waals surface area contributed by atoms with Gasteiger partial charge in [0.25, 0.3) is 0 Å². The van der Waals surface area contributed by atoms with Crippen LogP contribution < -0.4 is 16.0 Å². The molecule has 0 saturated carbocycles.